The highest BCUT2D eigenvalue weighted by atomic mass is 16.2. The van der Waals surface area contributed by atoms with Crippen LogP contribution >= 0.6 is 0 Å². The Morgan fingerprint density at radius 2 is 2.18 bits per heavy atom. The number of piperidine rings is 1. The molecular weight excluding hydrogens is 352 g/mol. The number of pyridine rings is 1. The van der Waals surface area contributed by atoms with E-state index < -0.39 is 0 Å². The van der Waals surface area contributed by atoms with Crippen molar-refractivity contribution in [3.05, 3.63) is 54.6 Å². The number of hydrogen-bond acceptors (Lipinski definition) is 6. The number of nitrogens with one attached hydrogen (secondary N) is 1. The maximum Gasteiger partial charge on any atom is 0.246 e. The number of carbonyl (C=O) groups excluding carboxylic acids is 1. The molecule has 0 radical (unpaired) electrons. The topological polar surface area (TPSA) is 74.2 Å². The number of anilines is 2. The lowest BCUT2D eigenvalue weighted by Gasteiger charge is -2.32. The minimum absolute atomic E-state index is 0.103. The Kier molecular flexibility index (Phi) is 7.08. The Bertz CT molecular complexity index is 792. The Hall–Kier alpha value is -2.80. The van der Waals surface area contributed by atoms with Crippen molar-refractivity contribution in [2.24, 2.45) is 5.92 Å². The second-order valence-electron chi connectivity index (χ2n) is 7.40. The normalized spacial score (nSPS) is 17.2. The second kappa shape index (κ2) is 9.94. The molecule has 1 atom stereocenters. The summed E-state index contributed by atoms with van der Waals surface area (Å²) in [6.45, 7) is 2.38. The van der Waals surface area contributed by atoms with Gasteiger partial charge in [0, 0.05) is 43.7 Å². The third-order valence-electron chi connectivity index (χ3n) is 4.70. The van der Waals surface area contributed by atoms with Crippen molar-refractivity contribution in [1.29, 1.82) is 0 Å². The molecular formula is C21H28N6O. The largest absolute Gasteiger partial charge is 0.339 e. The summed E-state index contributed by atoms with van der Waals surface area (Å²) in [5.41, 5.74) is 0.982. The summed E-state index contributed by atoms with van der Waals surface area (Å²) in [6.07, 6.45) is 9.92. The van der Waals surface area contributed by atoms with E-state index in [2.05, 4.69) is 20.3 Å². The van der Waals surface area contributed by atoms with Gasteiger partial charge in [-0.2, -0.15) is 0 Å². The first-order valence-electron chi connectivity index (χ1n) is 9.69. The molecule has 148 valence electrons. The van der Waals surface area contributed by atoms with Gasteiger partial charge in [-0.05, 0) is 51.4 Å². The number of aromatic nitrogens is 3. The summed E-state index contributed by atoms with van der Waals surface area (Å²) >= 11 is 0. The van der Waals surface area contributed by atoms with Crippen molar-refractivity contribution in [3.8, 4) is 0 Å². The highest BCUT2D eigenvalue weighted by Crippen LogP contribution is 2.21. The summed E-state index contributed by atoms with van der Waals surface area (Å²) < 4.78 is 0. The van der Waals surface area contributed by atoms with E-state index in [0.717, 1.165) is 56.2 Å². The monoisotopic (exact) mass is 380 g/mol. The lowest BCUT2D eigenvalue weighted by atomic mass is 9.93. The lowest BCUT2D eigenvalue weighted by molar-refractivity contribution is -0.127. The summed E-state index contributed by atoms with van der Waals surface area (Å²) in [4.78, 5) is 29.4. The van der Waals surface area contributed by atoms with E-state index in [1.54, 1.807) is 18.6 Å². The van der Waals surface area contributed by atoms with Gasteiger partial charge in [0.2, 0.25) is 5.91 Å². The highest BCUT2D eigenvalue weighted by molar-refractivity contribution is 5.87. The number of rotatable bonds is 7. The van der Waals surface area contributed by atoms with Gasteiger partial charge in [-0.3, -0.25) is 4.79 Å². The summed E-state index contributed by atoms with van der Waals surface area (Å²) in [5.74, 6) is 2.01. The molecule has 1 fully saturated rings. The molecule has 1 N–H and O–H groups in total. The maximum absolute atomic E-state index is 12.4. The third kappa shape index (κ3) is 6.13. The molecule has 7 heteroatoms. The molecule has 3 heterocycles. The number of amides is 1. The Balaban J connectivity index is 1.57. The fourth-order valence-electron chi connectivity index (χ4n) is 3.34. The van der Waals surface area contributed by atoms with Crippen molar-refractivity contribution in [2.45, 2.75) is 19.3 Å². The average Bonchev–Trinajstić information content (AvgIpc) is 2.69. The van der Waals surface area contributed by atoms with Gasteiger partial charge < -0.3 is 15.1 Å². The molecule has 1 saturated heterocycles. The summed E-state index contributed by atoms with van der Waals surface area (Å²) in [7, 11) is 3.98. The van der Waals surface area contributed by atoms with Crippen molar-refractivity contribution in [2.75, 3.05) is 39.0 Å². The number of likely N-dealkylation sites (N-methyl/N-ethyl adjacent to an activating group) is 1. The van der Waals surface area contributed by atoms with Crippen LogP contribution in [0.1, 0.15) is 18.5 Å². The number of nitrogens with zero attached hydrogens (tertiary/aromatic N) is 5. The van der Waals surface area contributed by atoms with Gasteiger partial charge in [-0.1, -0.05) is 12.1 Å². The minimum atomic E-state index is 0.103. The smallest absolute Gasteiger partial charge is 0.246 e. The number of likely N-dealkylation sites (tertiary alicyclic amines) is 1. The van der Waals surface area contributed by atoms with Crippen LogP contribution in [0.25, 0.3) is 0 Å². The first-order valence-corrected chi connectivity index (χ1v) is 9.69. The van der Waals surface area contributed by atoms with Crippen LogP contribution in [-0.4, -0.2) is 64.4 Å². The zero-order chi connectivity index (χ0) is 19.8. The molecule has 1 aliphatic heterocycles. The molecule has 7 nitrogen and oxygen atoms in total. The van der Waals surface area contributed by atoms with Crippen LogP contribution < -0.4 is 5.32 Å². The van der Waals surface area contributed by atoms with E-state index in [-0.39, 0.29) is 5.91 Å². The zero-order valence-corrected chi connectivity index (χ0v) is 16.6. The predicted molar refractivity (Wildman–Crippen MR) is 110 cm³/mol. The van der Waals surface area contributed by atoms with Crippen molar-refractivity contribution < 1.29 is 4.79 Å². The van der Waals surface area contributed by atoms with Gasteiger partial charge >= 0.3 is 0 Å². The second-order valence-corrected chi connectivity index (χ2v) is 7.40. The maximum atomic E-state index is 12.4. The van der Waals surface area contributed by atoms with E-state index in [0.29, 0.717) is 5.92 Å². The number of carbonyl (C=O) groups is 1. The molecule has 3 rings (SSSR count). The summed E-state index contributed by atoms with van der Waals surface area (Å²) in [5, 5.41) is 3.20. The van der Waals surface area contributed by atoms with Crippen molar-refractivity contribution in [1.82, 2.24) is 24.8 Å². The third-order valence-corrected chi connectivity index (χ3v) is 4.70. The van der Waals surface area contributed by atoms with E-state index >= 15 is 0 Å². The fourth-order valence-corrected chi connectivity index (χ4v) is 3.34. The van der Waals surface area contributed by atoms with Gasteiger partial charge in [0.1, 0.15) is 18.0 Å². The molecule has 0 aromatic carbocycles. The molecule has 0 saturated carbocycles. The first-order chi connectivity index (χ1) is 13.6. The fraction of sp³-hybridized carbons (Fsp3) is 0.429. The van der Waals surface area contributed by atoms with Crippen LogP contribution in [-0.2, 0) is 11.2 Å². The van der Waals surface area contributed by atoms with Crippen LogP contribution in [0.4, 0.5) is 11.6 Å². The van der Waals surface area contributed by atoms with Crippen LogP contribution in [0.15, 0.2) is 48.9 Å². The van der Waals surface area contributed by atoms with Gasteiger partial charge in [-0.25, -0.2) is 15.0 Å². The van der Waals surface area contributed by atoms with E-state index in [4.69, 9.17) is 0 Å². The molecule has 1 aliphatic rings. The van der Waals surface area contributed by atoms with Crippen LogP contribution in [0.5, 0.6) is 0 Å². The molecule has 28 heavy (non-hydrogen) atoms. The van der Waals surface area contributed by atoms with Crippen LogP contribution in [0, 0.1) is 5.92 Å². The van der Waals surface area contributed by atoms with Gasteiger partial charge in [0.25, 0.3) is 0 Å². The highest BCUT2D eigenvalue weighted by Gasteiger charge is 2.23. The van der Waals surface area contributed by atoms with E-state index in [1.807, 2.05) is 54.2 Å². The van der Waals surface area contributed by atoms with Gasteiger partial charge in [0.15, 0.2) is 0 Å². The Labute approximate surface area is 166 Å². The van der Waals surface area contributed by atoms with Crippen molar-refractivity contribution >= 4 is 17.5 Å². The molecule has 1 amide bonds. The Morgan fingerprint density at radius 1 is 1.29 bits per heavy atom. The SMILES string of the molecule is CN(C)C/C=C/C(=O)N1CCC[C@H](Cc2cc(Nc3ccccn3)ncn2)C1. The number of hydrogen-bond donors (Lipinski definition) is 1. The molecule has 2 aromatic heterocycles. The van der Waals surface area contributed by atoms with E-state index in [1.165, 1.54) is 0 Å². The van der Waals surface area contributed by atoms with Crippen LogP contribution in [0.2, 0.25) is 0 Å². The van der Waals surface area contributed by atoms with E-state index in [9.17, 15) is 4.79 Å². The standard InChI is InChI=1S/C21H28N6O/c1-26(2)11-6-9-21(28)27-12-5-7-17(15-27)13-18-14-20(24-16-23-18)25-19-8-3-4-10-22-19/h3-4,6,8-10,14,16-17H,5,7,11-13,15H2,1-2H3,(H,22,23,24,25)/b9-6+/t17-/m1/s1. The molecule has 0 spiro atoms. The van der Waals surface area contributed by atoms with Crippen LogP contribution in [0.3, 0.4) is 0 Å². The summed E-state index contributed by atoms with van der Waals surface area (Å²) in [6, 6.07) is 7.67. The molecule has 0 bridgehead atoms. The van der Waals surface area contributed by atoms with Gasteiger partial charge in [0.05, 0.1) is 0 Å². The Morgan fingerprint density at radius 3 is 2.96 bits per heavy atom. The first kappa shape index (κ1) is 19.9. The zero-order valence-electron chi connectivity index (χ0n) is 16.6. The predicted octanol–water partition coefficient (Wildman–Crippen LogP) is 2.51. The minimum Gasteiger partial charge on any atom is -0.339 e. The molecule has 0 aliphatic carbocycles. The molecule has 2 aromatic rings. The average molecular weight is 380 g/mol. The molecule has 0 unspecified atom stereocenters. The van der Waals surface area contributed by atoms with Gasteiger partial charge in [-0.15, -0.1) is 0 Å². The van der Waals surface area contributed by atoms with Crippen molar-refractivity contribution in [3.63, 3.8) is 0 Å². The lowest BCUT2D eigenvalue weighted by Crippen LogP contribution is -2.39. The quantitative estimate of drug-likeness (QED) is 0.744.